The van der Waals surface area contributed by atoms with E-state index in [1.54, 1.807) is 4.68 Å². The highest BCUT2D eigenvalue weighted by atomic mass is 79.9. The Hall–Kier alpha value is -1.36. The van der Waals surface area contributed by atoms with Gasteiger partial charge in [-0.15, -0.1) is 0 Å². The smallest absolute Gasteiger partial charge is 0.244 e. The average Bonchev–Trinajstić information content (AvgIpc) is 2.59. The summed E-state index contributed by atoms with van der Waals surface area (Å²) in [5, 5.41) is 2.67. The van der Waals surface area contributed by atoms with Crippen LogP contribution in [0, 0.1) is 0 Å². The van der Waals surface area contributed by atoms with E-state index in [2.05, 4.69) is 26.0 Å². The molecular weight excluding hydrogens is 258 g/mol. The average molecular weight is 268 g/mol. The van der Waals surface area contributed by atoms with Crippen LogP contribution in [0.4, 0.5) is 0 Å². The molecule has 0 radical (unpaired) electrons. The molecule has 2 aromatic rings. The van der Waals surface area contributed by atoms with Gasteiger partial charge in [-0.05, 0) is 18.2 Å². The first-order valence-corrected chi connectivity index (χ1v) is 5.44. The maximum atomic E-state index is 11.1. The number of halogens is 1. The van der Waals surface area contributed by atoms with Crippen molar-refractivity contribution in [3.8, 4) is 5.69 Å². The van der Waals surface area contributed by atoms with Crippen LogP contribution in [-0.2, 0) is 6.42 Å². The summed E-state index contributed by atoms with van der Waals surface area (Å²) in [6.07, 6.45) is 0.714. The van der Waals surface area contributed by atoms with Gasteiger partial charge in [-0.2, -0.15) is 4.98 Å². The van der Waals surface area contributed by atoms with Crippen LogP contribution in [-0.4, -0.2) is 14.8 Å². The van der Waals surface area contributed by atoms with E-state index in [9.17, 15) is 4.79 Å². The van der Waals surface area contributed by atoms with Crippen molar-refractivity contribution in [1.82, 2.24) is 14.8 Å². The Labute approximate surface area is 95.1 Å². The fourth-order valence-electron chi connectivity index (χ4n) is 1.42. The number of nitrogens with zero attached hydrogens (tertiary/aromatic N) is 2. The number of hydrogen-bond acceptors (Lipinski definition) is 2. The van der Waals surface area contributed by atoms with Gasteiger partial charge in [0.15, 0.2) is 0 Å². The highest BCUT2D eigenvalue weighted by molar-refractivity contribution is 9.10. The summed E-state index contributed by atoms with van der Waals surface area (Å²) in [5.41, 5.74) is 0.586. The summed E-state index contributed by atoms with van der Waals surface area (Å²) in [6, 6.07) is 7.69. The Morgan fingerprint density at radius 1 is 1.53 bits per heavy atom. The van der Waals surface area contributed by atoms with Gasteiger partial charge in [0.1, 0.15) is 5.82 Å². The molecule has 0 spiro atoms. The van der Waals surface area contributed by atoms with Crippen molar-refractivity contribution in [2.75, 3.05) is 0 Å². The number of hydrogen-bond donors (Lipinski definition) is 1. The lowest BCUT2D eigenvalue weighted by molar-refractivity contribution is 0.797. The molecule has 0 aliphatic rings. The fraction of sp³-hybridized carbons (Fsp3) is 0.200. The summed E-state index contributed by atoms with van der Waals surface area (Å²) in [6.45, 7) is 1.96. The normalized spacial score (nSPS) is 10.5. The second kappa shape index (κ2) is 4.02. The molecule has 0 unspecified atom stereocenters. The molecule has 0 saturated heterocycles. The summed E-state index contributed by atoms with van der Waals surface area (Å²) in [7, 11) is 0. The SMILES string of the molecule is CCc1nc(=O)[nH]n1-c1cccc(Br)c1. The lowest BCUT2D eigenvalue weighted by Gasteiger charge is -2.05. The molecule has 4 nitrogen and oxygen atoms in total. The number of H-pyrrole nitrogens is 1. The molecule has 1 N–H and O–H groups in total. The second-order valence-corrected chi connectivity index (χ2v) is 4.03. The van der Waals surface area contributed by atoms with E-state index in [4.69, 9.17) is 0 Å². The van der Waals surface area contributed by atoms with Gasteiger partial charge < -0.3 is 0 Å². The van der Waals surface area contributed by atoms with Crippen LogP contribution in [0.2, 0.25) is 0 Å². The van der Waals surface area contributed by atoms with Crippen molar-refractivity contribution in [2.24, 2.45) is 0 Å². The molecule has 0 atom stereocenters. The van der Waals surface area contributed by atoms with Crippen LogP contribution in [0.1, 0.15) is 12.7 Å². The molecule has 0 bridgehead atoms. The van der Waals surface area contributed by atoms with Gasteiger partial charge in [0.25, 0.3) is 0 Å². The first kappa shape index (κ1) is 10.2. The Morgan fingerprint density at radius 3 is 3.00 bits per heavy atom. The van der Waals surface area contributed by atoms with E-state index in [1.165, 1.54) is 0 Å². The van der Waals surface area contributed by atoms with Crippen LogP contribution in [0.25, 0.3) is 5.69 Å². The van der Waals surface area contributed by atoms with Crippen LogP contribution in [0.15, 0.2) is 33.5 Å². The Bertz CT molecular complexity index is 529. The summed E-state index contributed by atoms with van der Waals surface area (Å²) in [5.74, 6) is 0.734. The molecule has 78 valence electrons. The number of aryl methyl sites for hydroxylation is 1. The summed E-state index contributed by atoms with van der Waals surface area (Å²) < 4.78 is 2.67. The van der Waals surface area contributed by atoms with Gasteiger partial charge >= 0.3 is 5.69 Å². The first-order valence-electron chi connectivity index (χ1n) is 4.64. The highest BCUT2D eigenvalue weighted by Crippen LogP contribution is 2.15. The predicted octanol–water partition coefficient (Wildman–Crippen LogP) is 1.89. The third-order valence-electron chi connectivity index (χ3n) is 2.08. The standard InChI is InChI=1S/C10H10BrN3O/c1-2-9-12-10(15)13-14(9)8-5-3-4-7(11)6-8/h3-6H,2H2,1H3,(H,13,15). The second-order valence-electron chi connectivity index (χ2n) is 3.11. The maximum absolute atomic E-state index is 11.1. The zero-order valence-corrected chi connectivity index (χ0v) is 9.78. The molecule has 1 aromatic heterocycles. The molecule has 1 heterocycles. The number of aromatic nitrogens is 3. The fourth-order valence-corrected chi connectivity index (χ4v) is 1.81. The molecule has 0 aliphatic heterocycles. The minimum Gasteiger partial charge on any atom is -0.244 e. The number of aromatic amines is 1. The zero-order chi connectivity index (χ0) is 10.8. The minimum absolute atomic E-state index is 0.313. The van der Waals surface area contributed by atoms with Crippen LogP contribution < -0.4 is 5.69 Å². The van der Waals surface area contributed by atoms with Crippen molar-refractivity contribution in [1.29, 1.82) is 0 Å². The molecular formula is C10H10BrN3O. The van der Waals surface area contributed by atoms with Gasteiger partial charge in [0.2, 0.25) is 0 Å². The number of benzene rings is 1. The molecule has 2 rings (SSSR count). The molecule has 1 aromatic carbocycles. The van der Waals surface area contributed by atoms with Crippen molar-refractivity contribution in [3.05, 3.63) is 45.0 Å². The summed E-state index contributed by atoms with van der Waals surface area (Å²) >= 11 is 3.39. The third-order valence-corrected chi connectivity index (χ3v) is 2.57. The van der Waals surface area contributed by atoms with E-state index in [0.29, 0.717) is 6.42 Å². The van der Waals surface area contributed by atoms with E-state index in [1.807, 2.05) is 31.2 Å². The lowest BCUT2D eigenvalue weighted by Crippen LogP contribution is -2.05. The van der Waals surface area contributed by atoms with E-state index < -0.39 is 0 Å². The van der Waals surface area contributed by atoms with Crippen molar-refractivity contribution in [3.63, 3.8) is 0 Å². The van der Waals surface area contributed by atoms with E-state index >= 15 is 0 Å². The monoisotopic (exact) mass is 267 g/mol. The zero-order valence-electron chi connectivity index (χ0n) is 8.20. The lowest BCUT2D eigenvalue weighted by atomic mass is 10.3. The Morgan fingerprint density at radius 2 is 2.33 bits per heavy atom. The molecule has 0 aliphatic carbocycles. The number of rotatable bonds is 2. The maximum Gasteiger partial charge on any atom is 0.361 e. The van der Waals surface area contributed by atoms with Crippen molar-refractivity contribution >= 4 is 15.9 Å². The largest absolute Gasteiger partial charge is 0.361 e. The molecule has 15 heavy (non-hydrogen) atoms. The predicted molar refractivity (Wildman–Crippen MR) is 61.3 cm³/mol. The van der Waals surface area contributed by atoms with Gasteiger partial charge in [-0.25, -0.2) is 14.6 Å². The molecule has 0 saturated carbocycles. The van der Waals surface area contributed by atoms with Gasteiger partial charge in [-0.3, -0.25) is 0 Å². The Balaban J connectivity index is 2.57. The van der Waals surface area contributed by atoms with Crippen LogP contribution in [0.5, 0.6) is 0 Å². The van der Waals surface area contributed by atoms with Gasteiger partial charge in [-0.1, -0.05) is 28.9 Å². The summed E-state index contributed by atoms with van der Waals surface area (Å²) in [4.78, 5) is 15.0. The molecule has 0 amide bonds. The minimum atomic E-state index is -0.313. The highest BCUT2D eigenvalue weighted by Gasteiger charge is 2.05. The first-order chi connectivity index (χ1) is 7.20. The van der Waals surface area contributed by atoms with Crippen molar-refractivity contribution in [2.45, 2.75) is 13.3 Å². The third kappa shape index (κ3) is 2.02. The van der Waals surface area contributed by atoms with Crippen LogP contribution >= 0.6 is 15.9 Å². The topological polar surface area (TPSA) is 50.7 Å². The molecule has 5 heteroatoms. The van der Waals surface area contributed by atoms with Crippen molar-refractivity contribution < 1.29 is 0 Å². The number of nitrogens with one attached hydrogen (secondary N) is 1. The Kier molecular flexibility index (Phi) is 2.73. The van der Waals surface area contributed by atoms with Gasteiger partial charge in [0, 0.05) is 10.9 Å². The van der Waals surface area contributed by atoms with Crippen LogP contribution in [0.3, 0.4) is 0 Å². The quantitative estimate of drug-likeness (QED) is 0.904. The van der Waals surface area contributed by atoms with E-state index in [0.717, 1.165) is 16.0 Å². The molecule has 0 fully saturated rings. The van der Waals surface area contributed by atoms with E-state index in [-0.39, 0.29) is 5.69 Å². The van der Waals surface area contributed by atoms with Gasteiger partial charge in [0.05, 0.1) is 5.69 Å².